The van der Waals surface area contributed by atoms with Crippen LogP contribution in [0.5, 0.6) is 0 Å². The molecule has 0 bridgehead atoms. The number of carbonyl (C=O) groups excluding carboxylic acids is 1. The van der Waals surface area contributed by atoms with Gasteiger partial charge in [0.2, 0.25) is 5.91 Å². The number of aromatic nitrogens is 3. The van der Waals surface area contributed by atoms with Crippen LogP contribution in [0.4, 0.5) is 0 Å². The molecule has 1 aliphatic heterocycles. The van der Waals surface area contributed by atoms with Gasteiger partial charge in [-0.25, -0.2) is 0 Å². The van der Waals surface area contributed by atoms with Crippen LogP contribution in [0.3, 0.4) is 0 Å². The summed E-state index contributed by atoms with van der Waals surface area (Å²) in [6.45, 7) is 5.24. The monoisotopic (exact) mass is 345 g/mol. The lowest BCUT2D eigenvalue weighted by molar-refractivity contribution is -0.119. The predicted octanol–water partition coefficient (Wildman–Crippen LogP) is 2.02. The molecule has 0 unspecified atom stereocenters. The number of hydrogen-bond donors (Lipinski definition) is 1. The van der Waals surface area contributed by atoms with E-state index in [1.54, 1.807) is 17.5 Å². The molecule has 6 nitrogen and oxygen atoms in total. The molecular weight excluding hydrogens is 322 g/mol. The van der Waals surface area contributed by atoms with Crippen molar-refractivity contribution in [3.05, 3.63) is 40.4 Å². The lowest BCUT2D eigenvalue weighted by atomic mass is 9.92. The van der Waals surface area contributed by atoms with Crippen LogP contribution in [0.2, 0.25) is 0 Å². The Hall–Kier alpha value is -1.86. The minimum Gasteiger partial charge on any atom is -0.351 e. The van der Waals surface area contributed by atoms with Crippen molar-refractivity contribution in [3.63, 3.8) is 0 Å². The lowest BCUT2D eigenvalue weighted by Crippen LogP contribution is -2.33. The van der Waals surface area contributed by atoms with Crippen molar-refractivity contribution < 1.29 is 4.79 Å². The van der Waals surface area contributed by atoms with Crippen LogP contribution in [-0.2, 0) is 24.3 Å². The summed E-state index contributed by atoms with van der Waals surface area (Å²) in [7, 11) is 0. The molecule has 3 rings (SSSR count). The summed E-state index contributed by atoms with van der Waals surface area (Å²) in [4.78, 5) is 27.8. The fraction of sp³-hybridized carbons (Fsp3) is 0.529. The van der Waals surface area contributed by atoms with Gasteiger partial charge in [-0.2, -0.15) is 0 Å². The van der Waals surface area contributed by atoms with Gasteiger partial charge in [0.05, 0.1) is 29.6 Å². The molecule has 0 saturated carbocycles. The second-order valence-electron chi connectivity index (χ2n) is 6.30. The number of piperidine rings is 1. The fourth-order valence-corrected chi connectivity index (χ4v) is 3.61. The quantitative estimate of drug-likeness (QED) is 0.867. The van der Waals surface area contributed by atoms with Crippen LogP contribution in [0.1, 0.15) is 36.0 Å². The zero-order valence-electron chi connectivity index (χ0n) is 13.9. The number of carbonyl (C=O) groups is 1. The number of rotatable bonds is 6. The minimum atomic E-state index is -0.0500. The minimum absolute atomic E-state index is 0.0500. The van der Waals surface area contributed by atoms with Gasteiger partial charge in [0.1, 0.15) is 0 Å². The Bertz CT molecular complexity index is 636. The highest BCUT2D eigenvalue weighted by molar-refractivity contribution is 7.09. The van der Waals surface area contributed by atoms with Gasteiger partial charge < -0.3 is 5.32 Å². The summed E-state index contributed by atoms with van der Waals surface area (Å²) in [6, 6.07) is 0. The molecule has 0 atom stereocenters. The third-order valence-electron chi connectivity index (χ3n) is 4.35. The van der Waals surface area contributed by atoms with Crippen LogP contribution in [0, 0.1) is 5.92 Å². The number of nitrogens with one attached hydrogen (secondary N) is 1. The highest BCUT2D eigenvalue weighted by Gasteiger charge is 2.20. The van der Waals surface area contributed by atoms with Crippen molar-refractivity contribution in [2.24, 2.45) is 5.92 Å². The Labute approximate surface area is 146 Å². The number of likely N-dealkylation sites (tertiary alicyclic amines) is 1. The van der Waals surface area contributed by atoms with E-state index in [4.69, 9.17) is 0 Å². The standard InChI is InChI=1S/C17H23N5OS/c1-13(23)19-8-16-9-20-15(7-21-16)6-14-2-4-22(5-3-14)11-17-10-18-12-24-17/h7,9-10,12,14H,2-6,8,11H2,1H3,(H,19,23). The lowest BCUT2D eigenvalue weighted by Gasteiger charge is -2.31. The molecule has 1 fully saturated rings. The average Bonchev–Trinajstić information content (AvgIpc) is 3.09. The number of nitrogens with zero attached hydrogens (tertiary/aromatic N) is 4. The zero-order chi connectivity index (χ0) is 16.8. The van der Waals surface area contributed by atoms with E-state index in [1.165, 1.54) is 24.6 Å². The highest BCUT2D eigenvalue weighted by Crippen LogP contribution is 2.22. The Morgan fingerprint density at radius 2 is 2.00 bits per heavy atom. The smallest absolute Gasteiger partial charge is 0.217 e. The summed E-state index contributed by atoms with van der Waals surface area (Å²) in [6.07, 6.45) is 8.98. The van der Waals surface area contributed by atoms with E-state index in [2.05, 4.69) is 25.2 Å². The van der Waals surface area contributed by atoms with E-state index in [1.807, 2.05) is 17.9 Å². The van der Waals surface area contributed by atoms with Crippen molar-refractivity contribution in [3.8, 4) is 0 Å². The molecule has 128 valence electrons. The first-order valence-electron chi connectivity index (χ1n) is 8.33. The second-order valence-corrected chi connectivity index (χ2v) is 7.27. The number of hydrogen-bond acceptors (Lipinski definition) is 6. The molecule has 0 aliphatic carbocycles. The topological polar surface area (TPSA) is 71.0 Å². The molecule has 1 amide bonds. The second kappa shape index (κ2) is 8.30. The van der Waals surface area contributed by atoms with Gasteiger partial charge in [0, 0.05) is 30.7 Å². The van der Waals surface area contributed by atoms with Crippen molar-refractivity contribution in [2.45, 2.75) is 39.3 Å². The van der Waals surface area contributed by atoms with E-state index < -0.39 is 0 Å². The van der Waals surface area contributed by atoms with Gasteiger partial charge in [-0.05, 0) is 38.3 Å². The Kier molecular flexibility index (Phi) is 5.87. The van der Waals surface area contributed by atoms with Gasteiger partial charge in [-0.3, -0.25) is 24.6 Å². The molecule has 1 saturated heterocycles. The zero-order valence-corrected chi connectivity index (χ0v) is 14.8. The van der Waals surface area contributed by atoms with E-state index in [0.29, 0.717) is 12.5 Å². The van der Waals surface area contributed by atoms with E-state index in [9.17, 15) is 4.79 Å². The fourth-order valence-electron chi connectivity index (χ4n) is 2.98. The molecule has 0 radical (unpaired) electrons. The normalized spacial score (nSPS) is 16.2. The SMILES string of the molecule is CC(=O)NCc1cnc(CC2CCN(Cc3cncs3)CC2)cn1. The number of amides is 1. The van der Waals surface area contributed by atoms with Gasteiger partial charge >= 0.3 is 0 Å². The number of thiazole rings is 1. The molecule has 0 aromatic carbocycles. The Morgan fingerprint density at radius 1 is 1.25 bits per heavy atom. The van der Waals surface area contributed by atoms with Crippen LogP contribution >= 0.6 is 11.3 Å². The van der Waals surface area contributed by atoms with Crippen LogP contribution < -0.4 is 5.32 Å². The predicted molar refractivity (Wildman–Crippen MR) is 93.4 cm³/mol. The van der Waals surface area contributed by atoms with E-state index in [-0.39, 0.29) is 5.91 Å². The average molecular weight is 345 g/mol. The first-order chi connectivity index (χ1) is 11.7. The van der Waals surface area contributed by atoms with E-state index in [0.717, 1.165) is 37.4 Å². The third-order valence-corrected chi connectivity index (χ3v) is 5.11. The molecule has 2 aromatic rings. The van der Waals surface area contributed by atoms with Crippen molar-refractivity contribution in [1.29, 1.82) is 0 Å². The van der Waals surface area contributed by atoms with Crippen LogP contribution in [-0.4, -0.2) is 38.8 Å². The summed E-state index contributed by atoms with van der Waals surface area (Å²) in [5, 5.41) is 2.73. The first kappa shape index (κ1) is 17.0. The van der Waals surface area contributed by atoms with Gasteiger partial charge in [0.15, 0.2) is 0 Å². The van der Waals surface area contributed by atoms with E-state index >= 15 is 0 Å². The maximum atomic E-state index is 10.9. The molecule has 0 spiro atoms. The summed E-state index contributed by atoms with van der Waals surface area (Å²) in [5.74, 6) is 0.629. The maximum absolute atomic E-state index is 10.9. The van der Waals surface area contributed by atoms with Crippen molar-refractivity contribution in [1.82, 2.24) is 25.2 Å². The Morgan fingerprint density at radius 3 is 2.62 bits per heavy atom. The molecule has 1 N–H and O–H groups in total. The maximum Gasteiger partial charge on any atom is 0.217 e. The van der Waals surface area contributed by atoms with Crippen molar-refractivity contribution >= 4 is 17.2 Å². The van der Waals surface area contributed by atoms with Gasteiger partial charge in [-0.1, -0.05) is 0 Å². The molecule has 3 heterocycles. The highest BCUT2D eigenvalue weighted by atomic mass is 32.1. The molecule has 1 aliphatic rings. The summed E-state index contributed by atoms with van der Waals surface area (Å²) in [5.41, 5.74) is 3.74. The molecular formula is C17H23N5OS. The Balaban J connectivity index is 1.43. The molecule has 2 aromatic heterocycles. The summed E-state index contributed by atoms with van der Waals surface area (Å²) < 4.78 is 0. The summed E-state index contributed by atoms with van der Waals surface area (Å²) >= 11 is 1.73. The van der Waals surface area contributed by atoms with Crippen LogP contribution in [0.15, 0.2) is 24.1 Å². The first-order valence-corrected chi connectivity index (χ1v) is 9.21. The van der Waals surface area contributed by atoms with Gasteiger partial charge in [-0.15, -0.1) is 11.3 Å². The van der Waals surface area contributed by atoms with Crippen LogP contribution in [0.25, 0.3) is 0 Å². The molecule has 24 heavy (non-hydrogen) atoms. The van der Waals surface area contributed by atoms with Crippen molar-refractivity contribution in [2.75, 3.05) is 13.1 Å². The molecule has 7 heteroatoms. The van der Waals surface area contributed by atoms with Gasteiger partial charge in [0.25, 0.3) is 0 Å². The third kappa shape index (κ3) is 5.07. The largest absolute Gasteiger partial charge is 0.351 e.